The summed E-state index contributed by atoms with van der Waals surface area (Å²) >= 11 is 0. The number of para-hydroxylation sites is 2. The lowest BCUT2D eigenvalue weighted by molar-refractivity contribution is 0.928. The summed E-state index contributed by atoms with van der Waals surface area (Å²) in [7, 11) is 0. The van der Waals surface area contributed by atoms with Crippen molar-refractivity contribution in [3.05, 3.63) is 178 Å². The zero-order valence-electron chi connectivity index (χ0n) is 35.2. The van der Waals surface area contributed by atoms with Crippen molar-refractivity contribution in [3.63, 3.8) is 0 Å². The molecular weight excluding hydrogens is 733 g/mol. The zero-order chi connectivity index (χ0) is 41.6. The molecule has 7 aromatic carbocycles. The molecule has 0 amide bonds. The molecule has 0 bridgehead atoms. The van der Waals surface area contributed by atoms with Gasteiger partial charge in [0.05, 0.1) is 40.0 Å². The minimum Gasteiger partial charge on any atom is -0.308 e. The van der Waals surface area contributed by atoms with E-state index in [0.29, 0.717) is 28.7 Å². The highest BCUT2D eigenvalue weighted by molar-refractivity contribution is 6.13. The van der Waals surface area contributed by atoms with Crippen LogP contribution >= 0.6 is 0 Å². The van der Waals surface area contributed by atoms with E-state index in [1.807, 2.05) is 19.9 Å². The topological polar surface area (TPSA) is 52.9 Å². The highest BCUT2D eigenvalue weighted by Gasteiger charge is 2.24. The van der Waals surface area contributed by atoms with E-state index < -0.39 is 0 Å². The fourth-order valence-electron chi connectivity index (χ4n) is 9.97. The number of benzene rings is 7. The second kappa shape index (κ2) is 13.9. The smallest absolute Gasteiger partial charge is 0.200 e. The van der Waals surface area contributed by atoms with E-state index in [4.69, 9.17) is 16.5 Å². The minimum atomic E-state index is 0.471. The van der Waals surface area contributed by atoms with E-state index in [0.717, 1.165) is 66.1 Å². The molecule has 0 fully saturated rings. The third kappa shape index (κ3) is 5.80. The minimum absolute atomic E-state index is 0.471. The molecule has 0 aliphatic rings. The Balaban J connectivity index is 1.37. The van der Waals surface area contributed by atoms with Crippen molar-refractivity contribution in [1.29, 1.82) is 0 Å². The van der Waals surface area contributed by atoms with Crippen LogP contribution in [0.2, 0.25) is 0 Å². The van der Waals surface area contributed by atoms with Crippen molar-refractivity contribution in [2.75, 3.05) is 0 Å². The van der Waals surface area contributed by atoms with Gasteiger partial charge in [0, 0.05) is 27.1 Å². The molecule has 0 saturated heterocycles. The first kappa shape index (κ1) is 36.9. The fraction of sp³-hybridized carbons (Fsp3) is 0.148. The van der Waals surface area contributed by atoms with E-state index in [1.54, 1.807) is 0 Å². The molecular formula is C54H44N6. The Bertz CT molecular complexity index is 3410. The van der Waals surface area contributed by atoms with Crippen LogP contribution < -0.4 is 0 Å². The van der Waals surface area contributed by atoms with Gasteiger partial charge in [-0.15, -0.1) is 0 Å². The molecule has 3 aromatic heterocycles. The van der Waals surface area contributed by atoms with Crippen molar-refractivity contribution in [2.45, 2.75) is 55.4 Å². The van der Waals surface area contributed by atoms with Crippen molar-refractivity contribution < 1.29 is 0 Å². The Labute approximate surface area is 350 Å². The predicted octanol–water partition coefficient (Wildman–Crippen LogP) is 14.1. The summed E-state index contributed by atoms with van der Waals surface area (Å²) in [5.41, 5.74) is 19.5. The Morgan fingerprint density at radius 3 is 1.30 bits per heavy atom. The molecule has 0 spiro atoms. The van der Waals surface area contributed by atoms with Gasteiger partial charge in [0.2, 0.25) is 0 Å². The highest BCUT2D eigenvalue weighted by Crippen LogP contribution is 2.44. The van der Waals surface area contributed by atoms with Gasteiger partial charge >= 0.3 is 0 Å². The molecule has 0 N–H and O–H groups in total. The molecule has 0 radical (unpaired) electrons. The number of hydrogen-bond donors (Lipinski definition) is 0. The summed E-state index contributed by atoms with van der Waals surface area (Å²) < 4.78 is 4.75. The van der Waals surface area contributed by atoms with Gasteiger partial charge in [0.25, 0.3) is 0 Å². The van der Waals surface area contributed by atoms with Crippen LogP contribution in [0.1, 0.15) is 45.0 Å². The SMILES string of the molecule is [C-]#[N+]c1cc(-n2c3ccccc3c3ccc(-c4c(C)cc(C)cc4C)cc32)c(-n2c3ccccc3c3ccc(-c4c(C)cc(C)cc4C)cc32)cc1-c1nc(C)nc(C)n1. The zero-order valence-corrected chi connectivity index (χ0v) is 35.2. The first-order valence-corrected chi connectivity index (χ1v) is 20.5. The monoisotopic (exact) mass is 776 g/mol. The summed E-state index contributed by atoms with van der Waals surface area (Å²) in [6.45, 7) is 25.5. The molecule has 0 saturated carbocycles. The van der Waals surface area contributed by atoms with Gasteiger partial charge in [0.1, 0.15) is 11.6 Å². The molecule has 0 unspecified atom stereocenters. The average molecular weight is 777 g/mol. The Morgan fingerprint density at radius 2 is 0.850 bits per heavy atom. The van der Waals surface area contributed by atoms with E-state index in [2.05, 4.69) is 176 Å². The van der Waals surface area contributed by atoms with Gasteiger partial charge in [-0.05, 0) is 136 Å². The second-order valence-corrected chi connectivity index (χ2v) is 16.4. The van der Waals surface area contributed by atoms with Crippen molar-refractivity contribution in [3.8, 4) is 45.0 Å². The molecule has 290 valence electrons. The van der Waals surface area contributed by atoms with Crippen molar-refractivity contribution in [2.24, 2.45) is 0 Å². The van der Waals surface area contributed by atoms with E-state index in [9.17, 15) is 0 Å². The second-order valence-electron chi connectivity index (χ2n) is 16.4. The Morgan fingerprint density at radius 1 is 0.433 bits per heavy atom. The molecule has 6 nitrogen and oxygen atoms in total. The standard InChI is InChI=1S/C54H44N6/c1-30-22-32(3)52(33(4)23-30)38-18-20-42-40-14-10-12-16-46(40)59(48(42)26-38)50-28-44(54-57-36(7)56-37(8)58-54)45(55-9)29-51(50)60-47-17-13-11-15-41(47)43-21-19-39(27-49(43)60)53-34(5)24-31(2)25-35(53)6/h10-29H,1-8H3. The van der Waals surface area contributed by atoms with E-state index >= 15 is 0 Å². The van der Waals surface area contributed by atoms with Crippen LogP contribution in [0, 0.1) is 62.0 Å². The predicted molar refractivity (Wildman–Crippen MR) is 249 cm³/mol. The summed E-state index contributed by atoms with van der Waals surface area (Å²) in [6, 6.07) is 44.2. The number of aromatic nitrogens is 5. The first-order chi connectivity index (χ1) is 29.0. The quantitative estimate of drug-likeness (QED) is 0.164. The van der Waals surface area contributed by atoms with E-state index in [-0.39, 0.29) is 0 Å². The Kier molecular flexibility index (Phi) is 8.55. The summed E-state index contributed by atoms with van der Waals surface area (Å²) in [5.74, 6) is 1.71. The first-order valence-electron chi connectivity index (χ1n) is 20.5. The number of rotatable bonds is 5. The molecule has 6 heteroatoms. The van der Waals surface area contributed by atoms with Gasteiger partial charge in [-0.1, -0.05) is 96.1 Å². The lowest BCUT2D eigenvalue weighted by Crippen LogP contribution is -2.06. The van der Waals surface area contributed by atoms with Crippen LogP contribution in [-0.2, 0) is 0 Å². The van der Waals surface area contributed by atoms with E-state index in [1.165, 1.54) is 44.5 Å². The maximum absolute atomic E-state index is 8.62. The summed E-state index contributed by atoms with van der Waals surface area (Å²) in [6.07, 6.45) is 0. The normalized spacial score (nSPS) is 11.7. The van der Waals surface area contributed by atoms with Gasteiger partial charge in [-0.25, -0.2) is 19.8 Å². The van der Waals surface area contributed by atoms with Crippen LogP contribution in [0.4, 0.5) is 5.69 Å². The lowest BCUT2D eigenvalue weighted by atomic mass is 9.93. The average Bonchev–Trinajstić information content (AvgIpc) is 3.71. The summed E-state index contributed by atoms with van der Waals surface area (Å²) in [5, 5.41) is 4.60. The fourth-order valence-corrected chi connectivity index (χ4v) is 9.97. The van der Waals surface area contributed by atoms with Gasteiger partial charge in [-0.3, -0.25) is 0 Å². The van der Waals surface area contributed by atoms with Crippen LogP contribution in [0.5, 0.6) is 0 Å². The number of nitrogens with zero attached hydrogens (tertiary/aromatic N) is 6. The van der Waals surface area contributed by atoms with Gasteiger partial charge in [-0.2, -0.15) is 0 Å². The highest BCUT2D eigenvalue weighted by atomic mass is 15.1. The van der Waals surface area contributed by atoms with Crippen LogP contribution in [0.3, 0.4) is 0 Å². The van der Waals surface area contributed by atoms with Crippen LogP contribution in [0.15, 0.2) is 121 Å². The molecule has 60 heavy (non-hydrogen) atoms. The third-order valence-electron chi connectivity index (χ3n) is 12.1. The molecule has 10 aromatic rings. The maximum atomic E-state index is 8.62. The van der Waals surface area contributed by atoms with Crippen LogP contribution in [-0.4, -0.2) is 24.1 Å². The lowest BCUT2D eigenvalue weighted by Gasteiger charge is -2.20. The molecule has 3 heterocycles. The number of fused-ring (bicyclic) bond motifs is 6. The number of hydrogen-bond acceptors (Lipinski definition) is 3. The molecule has 0 atom stereocenters. The maximum Gasteiger partial charge on any atom is 0.200 e. The third-order valence-corrected chi connectivity index (χ3v) is 12.1. The van der Waals surface area contributed by atoms with Crippen molar-refractivity contribution >= 4 is 49.3 Å². The molecule has 0 aliphatic heterocycles. The molecule has 10 rings (SSSR count). The number of aryl methyl sites for hydroxylation is 8. The van der Waals surface area contributed by atoms with Gasteiger partial charge < -0.3 is 9.13 Å². The molecule has 0 aliphatic carbocycles. The van der Waals surface area contributed by atoms with Gasteiger partial charge in [0.15, 0.2) is 11.5 Å². The van der Waals surface area contributed by atoms with Crippen LogP contribution in [0.25, 0.3) is 93.5 Å². The summed E-state index contributed by atoms with van der Waals surface area (Å²) in [4.78, 5) is 18.3. The largest absolute Gasteiger partial charge is 0.308 e. The Hall–Kier alpha value is -7.36. The van der Waals surface area contributed by atoms with Crippen molar-refractivity contribution in [1.82, 2.24) is 24.1 Å².